The summed E-state index contributed by atoms with van der Waals surface area (Å²) < 4.78 is 46.3. The molecule has 11 heteroatoms. The van der Waals surface area contributed by atoms with E-state index in [1.54, 1.807) is 5.38 Å². The lowest BCUT2D eigenvalue weighted by atomic mass is 10.2. The summed E-state index contributed by atoms with van der Waals surface area (Å²) in [4.78, 5) is 33.3. The largest absolute Gasteiger partial charge is 0.486 e. The van der Waals surface area contributed by atoms with Crippen molar-refractivity contribution in [3.63, 3.8) is 0 Å². The minimum absolute atomic E-state index is 0.0852. The van der Waals surface area contributed by atoms with Gasteiger partial charge in [-0.15, -0.1) is 11.3 Å². The second-order valence-corrected chi connectivity index (χ2v) is 7.58. The van der Waals surface area contributed by atoms with E-state index >= 15 is 0 Å². The summed E-state index contributed by atoms with van der Waals surface area (Å²) >= 11 is 1.31. The summed E-state index contributed by atoms with van der Waals surface area (Å²) in [5, 5.41) is 2.27. The van der Waals surface area contributed by atoms with Crippen molar-refractivity contribution in [2.24, 2.45) is 7.05 Å². The maximum Gasteiger partial charge on any atom is 0.433 e. The highest BCUT2D eigenvalue weighted by Crippen LogP contribution is 2.28. The smallest absolute Gasteiger partial charge is 0.433 e. The van der Waals surface area contributed by atoms with Crippen molar-refractivity contribution in [2.75, 3.05) is 0 Å². The van der Waals surface area contributed by atoms with Gasteiger partial charge in [0.2, 0.25) is 0 Å². The average Bonchev–Trinajstić information content (AvgIpc) is 3.21. The van der Waals surface area contributed by atoms with Crippen LogP contribution in [0.2, 0.25) is 0 Å². The summed E-state index contributed by atoms with van der Waals surface area (Å²) in [6.45, 7) is 0.105. The molecule has 4 rings (SSSR count). The zero-order valence-electron chi connectivity index (χ0n) is 16.1. The van der Waals surface area contributed by atoms with Gasteiger partial charge in [0, 0.05) is 12.4 Å². The van der Waals surface area contributed by atoms with Crippen molar-refractivity contribution < 1.29 is 17.9 Å². The van der Waals surface area contributed by atoms with Gasteiger partial charge in [0.1, 0.15) is 28.7 Å². The maximum atomic E-state index is 12.9. The van der Waals surface area contributed by atoms with Crippen LogP contribution in [0.3, 0.4) is 0 Å². The molecule has 0 fully saturated rings. The Balaban J connectivity index is 1.63. The van der Waals surface area contributed by atoms with Crippen LogP contribution in [0.4, 0.5) is 13.2 Å². The Morgan fingerprint density at radius 3 is 2.52 bits per heavy atom. The lowest BCUT2D eigenvalue weighted by molar-refractivity contribution is -0.141. The first-order valence-corrected chi connectivity index (χ1v) is 9.91. The standard InChI is InChI=1S/C20H15F3N4O3S/c1-26-17-14(7-8-15(25-17)20(21,22)23)18(28)27(19(26)29)9-12-11-31-16(24-12)10-30-13-5-3-2-4-6-13/h2-8,11H,9-10H2,1H3. The molecule has 0 aliphatic carbocycles. The number of rotatable bonds is 5. The zero-order valence-corrected chi connectivity index (χ0v) is 16.9. The highest BCUT2D eigenvalue weighted by molar-refractivity contribution is 7.09. The van der Waals surface area contributed by atoms with Crippen molar-refractivity contribution >= 4 is 22.4 Å². The average molecular weight is 448 g/mol. The van der Waals surface area contributed by atoms with E-state index < -0.39 is 23.1 Å². The molecular weight excluding hydrogens is 433 g/mol. The Hall–Kier alpha value is -3.47. The fourth-order valence-corrected chi connectivity index (χ4v) is 3.68. The predicted molar refractivity (Wildman–Crippen MR) is 108 cm³/mol. The topological polar surface area (TPSA) is 79.0 Å². The molecule has 1 aromatic carbocycles. The van der Waals surface area contributed by atoms with Crippen LogP contribution in [0.15, 0.2) is 57.4 Å². The van der Waals surface area contributed by atoms with Crippen molar-refractivity contribution in [2.45, 2.75) is 19.3 Å². The van der Waals surface area contributed by atoms with Gasteiger partial charge in [0.05, 0.1) is 17.6 Å². The van der Waals surface area contributed by atoms with Crippen LogP contribution >= 0.6 is 11.3 Å². The molecule has 31 heavy (non-hydrogen) atoms. The molecule has 0 spiro atoms. The van der Waals surface area contributed by atoms with Crippen molar-refractivity contribution in [3.05, 3.63) is 85.1 Å². The van der Waals surface area contributed by atoms with Crippen molar-refractivity contribution in [1.82, 2.24) is 19.1 Å². The number of aromatic nitrogens is 4. The summed E-state index contributed by atoms with van der Waals surface area (Å²) in [7, 11) is 1.27. The molecule has 7 nitrogen and oxygen atoms in total. The molecule has 3 aromatic heterocycles. The molecule has 0 atom stereocenters. The van der Waals surface area contributed by atoms with Gasteiger partial charge in [0.25, 0.3) is 5.56 Å². The number of alkyl halides is 3. The number of nitrogens with zero attached hydrogens (tertiary/aromatic N) is 4. The fraction of sp³-hybridized carbons (Fsp3) is 0.200. The Labute approximate surface area is 177 Å². The van der Waals surface area contributed by atoms with Crippen LogP contribution in [0, 0.1) is 0 Å². The van der Waals surface area contributed by atoms with Gasteiger partial charge in [-0.05, 0) is 24.3 Å². The third-order valence-electron chi connectivity index (χ3n) is 4.50. The zero-order chi connectivity index (χ0) is 22.2. The third-order valence-corrected chi connectivity index (χ3v) is 5.37. The molecule has 4 aromatic rings. The van der Waals surface area contributed by atoms with Gasteiger partial charge < -0.3 is 4.74 Å². The molecule has 0 saturated carbocycles. The molecular formula is C20H15F3N4O3S. The molecule has 160 valence electrons. The first-order valence-electron chi connectivity index (χ1n) is 9.03. The van der Waals surface area contributed by atoms with Crippen molar-refractivity contribution in [3.8, 4) is 5.75 Å². The molecule has 0 unspecified atom stereocenters. The van der Waals surface area contributed by atoms with E-state index in [1.165, 1.54) is 18.4 Å². The molecule has 0 N–H and O–H groups in total. The number of benzene rings is 1. The maximum absolute atomic E-state index is 12.9. The van der Waals surface area contributed by atoms with Crippen molar-refractivity contribution in [1.29, 1.82) is 0 Å². The molecule has 0 saturated heterocycles. The van der Waals surface area contributed by atoms with Crippen LogP contribution in [-0.4, -0.2) is 19.1 Å². The Bertz CT molecular complexity index is 1360. The highest BCUT2D eigenvalue weighted by Gasteiger charge is 2.33. The van der Waals surface area contributed by atoms with E-state index in [-0.39, 0.29) is 24.2 Å². The molecule has 0 bridgehead atoms. The van der Waals surface area contributed by atoms with E-state index in [0.717, 1.165) is 21.3 Å². The minimum atomic E-state index is -4.68. The Morgan fingerprint density at radius 1 is 1.06 bits per heavy atom. The molecule has 0 amide bonds. The quantitative estimate of drug-likeness (QED) is 0.469. The van der Waals surface area contributed by atoms with Gasteiger partial charge in [0.15, 0.2) is 0 Å². The van der Waals surface area contributed by atoms with E-state index in [4.69, 9.17) is 4.74 Å². The summed E-state index contributed by atoms with van der Waals surface area (Å²) in [6.07, 6.45) is -4.68. The normalized spacial score (nSPS) is 11.7. The monoisotopic (exact) mass is 448 g/mol. The van der Waals surface area contributed by atoms with Crippen LogP contribution < -0.4 is 16.0 Å². The summed E-state index contributed by atoms with van der Waals surface area (Å²) in [6, 6.07) is 10.9. The number of para-hydroxylation sites is 1. The van der Waals surface area contributed by atoms with E-state index in [2.05, 4.69) is 9.97 Å². The van der Waals surface area contributed by atoms with Crippen LogP contribution in [0.5, 0.6) is 5.75 Å². The second kappa shape index (κ2) is 7.99. The number of thiazole rings is 1. The summed E-state index contributed by atoms with van der Waals surface area (Å²) in [5.74, 6) is 0.685. The van der Waals surface area contributed by atoms with Crippen LogP contribution in [0.25, 0.3) is 11.0 Å². The molecule has 0 aliphatic rings. The van der Waals surface area contributed by atoms with Gasteiger partial charge in [-0.3, -0.25) is 13.9 Å². The number of hydrogen-bond donors (Lipinski definition) is 0. The van der Waals surface area contributed by atoms with E-state index in [1.807, 2.05) is 30.3 Å². The van der Waals surface area contributed by atoms with E-state index in [0.29, 0.717) is 16.5 Å². The van der Waals surface area contributed by atoms with Gasteiger partial charge >= 0.3 is 11.9 Å². The number of pyridine rings is 1. The lowest BCUT2D eigenvalue weighted by Gasteiger charge is -2.11. The minimum Gasteiger partial charge on any atom is -0.486 e. The van der Waals surface area contributed by atoms with E-state index in [9.17, 15) is 22.8 Å². The second-order valence-electron chi connectivity index (χ2n) is 6.63. The molecule has 3 heterocycles. The number of hydrogen-bond acceptors (Lipinski definition) is 6. The number of aryl methyl sites for hydroxylation is 1. The highest BCUT2D eigenvalue weighted by atomic mass is 32.1. The third kappa shape index (κ3) is 4.22. The molecule has 0 aliphatic heterocycles. The summed E-state index contributed by atoms with van der Waals surface area (Å²) in [5.41, 5.74) is -2.53. The first kappa shape index (κ1) is 20.8. The van der Waals surface area contributed by atoms with Crippen LogP contribution in [0.1, 0.15) is 16.4 Å². The van der Waals surface area contributed by atoms with Gasteiger partial charge in [-0.1, -0.05) is 18.2 Å². The number of ether oxygens (including phenoxy) is 1. The first-order chi connectivity index (χ1) is 14.7. The van der Waals surface area contributed by atoms with Crippen LogP contribution in [-0.2, 0) is 26.4 Å². The SMILES string of the molecule is Cn1c(=O)n(Cc2csc(COc3ccccc3)n2)c(=O)c2ccc(C(F)(F)F)nc21. The van der Waals surface area contributed by atoms with Gasteiger partial charge in [-0.2, -0.15) is 13.2 Å². The number of halogens is 3. The Morgan fingerprint density at radius 2 is 1.81 bits per heavy atom. The Kier molecular flexibility index (Phi) is 5.36. The number of fused-ring (bicyclic) bond motifs is 1. The lowest BCUT2D eigenvalue weighted by Crippen LogP contribution is -2.39. The predicted octanol–water partition coefficient (Wildman–Crippen LogP) is 3.20. The molecule has 0 radical (unpaired) electrons. The fourth-order valence-electron chi connectivity index (χ4n) is 2.98. The van der Waals surface area contributed by atoms with Gasteiger partial charge in [-0.25, -0.2) is 14.8 Å².